The van der Waals surface area contributed by atoms with E-state index in [1.807, 2.05) is 30.3 Å². The van der Waals surface area contributed by atoms with Crippen molar-refractivity contribution < 1.29 is 14.5 Å². The van der Waals surface area contributed by atoms with Crippen LogP contribution in [0.25, 0.3) is 0 Å². The predicted octanol–water partition coefficient (Wildman–Crippen LogP) is 3.32. The fraction of sp³-hybridized carbons (Fsp3) is 0.538. The number of benzene rings is 1. The molecule has 1 aromatic carbocycles. The highest BCUT2D eigenvalue weighted by Gasteiger charge is 2.44. The highest BCUT2D eigenvalue weighted by atomic mass is 17.3. The SMILES string of the molecule is c1ccc(C2OOC3(CCCCC3)O2)cc1. The summed E-state index contributed by atoms with van der Waals surface area (Å²) in [6, 6.07) is 9.93. The summed E-state index contributed by atoms with van der Waals surface area (Å²) < 4.78 is 5.93. The van der Waals surface area contributed by atoms with E-state index in [1.165, 1.54) is 6.42 Å². The normalized spacial score (nSPS) is 28.4. The molecular formula is C13H16O3. The maximum Gasteiger partial charge on any atom is 0.220 e. The molecule has 1 saturated heterocycles. The first-order chi connectivity index (χ1) is 7.88. The maximum atomic E-state index is 5.93. The van der Waals surface area contributed by atoms with E-state index in [0.717, 1.165) is 31.2 Å². The van der Waals surface area contributed by atoms with Gasteiger partial charge in [-0.1, -0.05) is 36.8 Å². The molecule has 2 aliphatic rings. The van der Waals surface area contributed by atoms with Crippen LogP contribution in [0.5, 0.6) is 0 Å². The fourth-order valence-corrected chi connectivity index (χ4v) is 2.39. The van der Waals surface area contributed by atoms with Gasteiger partial charge in [0.25, 0.3) is 0 Å². The van der Waals surface area contributed by atoms with Crippen LogP contribution in [0, 0.1) is 0 Å². The Morgan fingerprint density at radius 1 is 1.00 bits per heavy atom. The zero-order valence-electron chi connectivity index (χ0n) is 9.22. The third kappa shape index (κ3) is 1.86. The molecule has 0 bridgehead atoms. The van der Waals surface area contributed by atoms with E-state index in [2.05, 4.69) is 0 Å². The van der Waals surface area contributed by atoms with Gasteiger partial charge in [-0.15, -0.1) is 0 Å². The van der Waals surface area contributed by atoms with Crippen LogP contribution in [-0.2, 0) is 14.5 Å². The Balaban J connectivity index is 1.73. The molecule has 3 rings (SSSR count). The Labute approximate surface area is 95.2 Å². The van der Waals surface area contributed by atoms with Crippen molar-refractivity contribution in [1.29, 1.82) is 0 Å². The first kappa shape index (κ1) is 10.3. The molecule has 0 amide bonds. The van der Waals surface area contributed by atoms with Crippen molar-refractivity contribution in [3.05, 3.63) is 35.9 Å². The molecule has 3 heteroatoms. The van der Waals surface area contributed by atoms with Crippen molar-refractivity contribution >= 4 is 0 Å². The van der Waals surface area contributed by atoms with Crippen LogP contribution in [-0.4, -0.2) is 5.79 Å². The summed E-state index contributed by atoms with van der Waals surface area (Å²) in [5.74, 6) is -0.473. The quantitative estimate of drug-likeness (QED) is 0.679. The van der Waals surface area contributed by atoms with Gasteiger partial charge in [0.15, 0.2) is 0 Å². The van der Waals surface area contributed by atoms with Crippen molar-refractivity contribution in [3.8, 4) is 0 Å². The van der Waals surface area contributed by atoms with E-state index in [1.54, 1.807) is 0 Å². The summed E-state index contributed by atoms with van der Waals surface area (Å²) >= 11 is 0. The van der Waals surface area contributed by atoms with E-state index < -0.39 is 5.79 Å². The molecule has 16 heavy (non-hydrogen) atoms. The third-order valence-electron chi connectivity index (χ3n) is 3.30. The van der Waals surface area contributed by atoms with Crippen molar-refractivity contribution in [2.45, 2.75) is 44.2 Å². The molecule has 1 aliphatic carbocycles. The number of ether oxygens (including phenoxy) is 1. The Morgan fingerprint density at radius 3 is 2.50 bits per heavy atom. The van der Waals surface area contributed by atoms with Gasteiger partial charge >= 0.3 is 0 Å². The lowest BCUT2D eigenvalue weighted by Gasteiger charge is -2.28. The van der Waals surface area contributed by atoms with Gasteiger partial charge in [0.05, 0.1) is 0 Å². The van der Waals surface area contributed by atoms with Gasteiger partial charge in [-0.25, -0.2) is 0 Å². The van der Waals surface area contributed by atoms with Gasteiger partial charge in [0.1, 0.15) is 0 Å². The van der Waals surface area contributed by atoms with E-state index in [9.17, 15) is 0 Å². The minimum atomic E-state index is -0.473. The molecular weight excluding hydrogens is 204 g/mol. The summed E-state index contributed by atoms with van der Waals surface area (Å²) in [7, 11) is 0. The van der Waals surface area contributed by atoms with Crippen molar-refractivity contribution in [1.82, 2.24) is 0 Å². The van der Waals surface area contributed by atoms with Crippen molar-refractivity contribution in [2.75, 3.05) is 0 Å². The number of rotatable bonds is 1. The van der Waals surface area contributed by atoms with Gasteiger partial charge in [-0.2, -0.15) is 9.78 Å². The highest BCUT2D eigenvalue weighted by molar-refractivity contribution is 5.16. The van der Waals surface area contributed by atoms with Gasteiger partial charge in [-0.3, -0.25) is 0 Å². The minimum absolute atomic E-state index is 0.362. The van der Waals surface area contributed by atoms with Gasteiger partial charge in [-0.05, 0) is 12.8 Å². The summed E-state index contributed by atoms with van der Waals surface area (Å²) in [5, 5.41) is 0. The largest absolute Gasteiger partial charge is 0.311 e. The molecule has 0 N–H and O–H groups in total. The molecule has 1 aliphatic heterocycles. The summed E-state index contributed by atoms with van der Waals surface area (Å²) in [6.45, 7) is 0. The molecule has 2 fully saturated rings. The molecule has 1 spiro atoms. The maximum absolute atomic E-state index is 5.93. The topological polar surface area (TPSA) is 27.7 Å². The molecule has 0 radical (unpaired) electrons. The lowest BCUT2D eigenvalue weighted by molar-refractivity contribution is -0.338. The second-order valence-corrected chi connectivity index (χ2v) is 4.51. The first-order valence-electron chi connectivity index (χ1n) is 5.95. The van der Waals surface area contributed by atoms with Crippen LogP contribution in [0.2, 0.25) is 0 Å². The Hall–Kier alpha value is -0.900. The minimum Gasteiger partial charge on any atom is -0.311 e. The average molecular weight is 220 g/mol. The van der Waals surface area contributed by atoms with Crippen molar-refractivity contribution in [2.24, 2.45) is 0 Å². The van der Waals surface area contributed by atoms with Gasteiger partial charge < -0.3 is 4.74 Å². The van der Waals surface area contributed by atoms with E-state index in [0.29, 0.717) is 0 Å². The third-order valence-corrected chi connectivity index (χ3v) is 3.30. The highest BCUT2D eigenvalue weighted by Crippen LogP contribution is 2.43. The Kier molecular flexibility index (Phi) is 2.67. The zero-order chi connectivity index (χ0) is 10.8. The van der Waals surface area contributed by atoms with Crippen LogP contribution in [0.4, 0.5) is 0 Å². The van der Waals surface area contributed by atoms with Crippen LogP contribution < -0.4 is 0 Å². The Bertz CT molecular complexity index is 343. The predicted molar refractivity (Wildman–Crippen MR) is 58.3 cm³/mol. The van der Waals surface area contributed by atoms with E-state index >= 15 is 0 Å². The Morgan fingerprint density at radius 2 is 1.75 bits per heavy atom. The zero-order valence-corrected chi connectivity index (χ0v) is 9.22. The lowest BCUT2D eigenvalue weighted by Crippen LogP contribution is -2.32. The molecule has 86 valence electrons. The summed E-state index contributed by atoms with van der Waals surface area (Å²) in [6.07, 6.45) is 5.10. The van der Waals surface area contributed by atoms with Gasteiger partial charge in [0.2, 0.25) is 12.1 Å². The average Bonchev–Trinajstić information content (AvgIpc) is 2.75. The summed E-state index contributed by atoms with van der Waals surface area (Å²) in [5.41, 5.74) is 1.02. The molecule has 3 nitrogen and oxygen atoms in total. The molecule has 1 heterocycles. The molecule has 0 aromatic heterocycles. The van der Waals surface area contributed by atoms with E-state index in [-0.39, 0.29) is 6.29 Å². The monoisotopic (exact) mass is 220 g/mol. The first-order valence-corrected chi connectivity index (χ1v) is 5.95. The number of hydrogen-bond donors (Lipinski definition) is 0. The molecule has 1 aromatic rings. The molecule has 1 unspecified atom stereocenters. The summed E-state index contributed by atoms with van der Waals surface area (Å²) in [4.78, 5) is 10.7. The van der Waals surface area contributed by atoms with Crippen LogP contribution in [0.1, 0.15) is 44.0 Å². The molecule has 1 atom stereocenters. The fourth-order valence-electron chi connectivity index (χ4n) is 2.39. The van der Waals surface area contributed by atoms with E-state index in [4.69, 9.17) is 14.5 Å². The van der Waals surface area contributed by atoms with Crippen LogP contribution in [0.15, 0.2) is 30.3 Å². The number of hydrogen-bond acceptors (Lipinski definition) is 3. The second-order valence-electron chi connectivity index (χ2n) is 4.51. The van der Waals surface area contributed by atoms with Crippen LogP contribution in [0.3, 0.4) is 0 Å². The lowest BCUT2D eigenvalue weighted by atomic mass is 9.94. The van der Waals surface area contributed by atoms with Gasteiger partial charge in [0, 0.05) is 18.4 Å². The standard InChI is InChI=1S/C13H16O3/c1-3-7-11(8-4-1)12-14-13(16-15-12)9-5-2-6-10-13/h1,3-4,7-8,12H,2,5-6,9-10H2. The van der Waals surface area contributed by atoms with Crippen molar-refractivity contribution in [3.63, 3.8) is 0 Å². The smallest absolute Gasteiger partial charge is 0.220 e. The molecule has 1 saturated carbocycles. The second kappa shape index (κ2) is 4.17. The van der Waals surface area contributed by atoms with Crippen LogP contribution >= 0.6 is 0 Å².